The van der Waals surface area contributed by atoms with Crippen molar-refractivity contribution in [2.75, 3.05) is 5.32 Å². The van der Waals surface area contributed by atoms with E-state index >= 15 is 0 Å². The van der Waals surface area contributed by atoms with Gasteiger partial charge in [-0.15, -0.1) is 0 Å². The molecule has 0 fully saturated rings. The van der Waals surface area contributed by atoms with Crippen molar-refractivity contribution in [2.24, 2.45) is 0 Å². The number of benzene rings is 2. The molecule has 1 aliphatic carbocycles. The van der Waals surface area contributed by atoms with Gasteiger partial charge in [-0.3, -0.25) is 0 Å². The Hall–Kier alpha value is -2.65. The number of aromatic nitrogens is 2. The van der Waals surface area contributed by atoms with Crippen LogP contribution in [0.3, 0.4) is 0 Å². The summed E-state index contributed by atoms with van der Waals surface area (Å²) in [6.45, 7) is 3.31. The van der Waals surface area contributed by atoms with Crippen LogP contribution in [0.1, 0.15) is 48.7 Å². The molecular formula is C22H20ClF4N3O2. The molecule has 4 rings (SSSR count). The summed E-state index contributed by atoms with van der Waals surface area (Å²) >= 11 is 6.03. The van der Waals surface area contributed by atoms with E-state index in [2.05, 4.69) is 15.3 Å². The van der Waals surface area contributed by atoms with E-state index in [1.807, 2.05) is 0 Å². The smallest absolute Gasteiger partial charge is 0.419 e. The minimum Gasteiger partial charge on any atom is -0.506 e. The molecule has 0 spiro atoms. The van der Waals surface area contributed by atoms with Gasteiger partial charge in [-0.2, -0.15) is 13.2 Å². The van der Waals surface area contributed by atoms with Crippen LogP contribution in [-0.2, 0) is 0 Å². The van der Waals surface area contributed by atoms with Crippen molar-refractivity contribution in [3.63, 3.8) is 0 Å². The lowest BCUT2D eigenvalue weighted by Crippen LogP contribution is -2.55. The van der Waals surface area contributed by atoms with Gasteiger partial charge >= 0.3 is 6.18 Å². The van der Waals surface area contributed by atoms with Gasteiger partial charge in [-0.25, -0.2) is 14.4 Å². The summed E-state index contributed by atoms with van der Waals surface area (Å²) in [5, 5.41) is 23.9. The molecule has 1 heterocycles. The zero-order valence-corrected chi connectivity index (χ0v) is 17.9. The Morgan fingerprint density at radius 1 is 1.22 bits per heavy atom. The fourth-order valence-corrected chi connectivity index (χ4v) is 4.54. The van der Waals surface area contributed by atoms with E-state index in [4.69, 9.17) is 11.6 Å². The Morgan fingerprint density at radius 2 is 1.94 bits per heavy atom. The maximum absolute atomic E-state index is 14.3. The number of alkyl halides is 3. The van der Waals surface area contributed by atoms with Crippen molar-refractivity contribution in [1.82, 2.24) is 9.97 Å². The Kier molecular flexibility index (Phi) is 5.45. The SMILES string of the molecule is CCC1CC(O)(C(F)(F)F)C(Nc2cc(F)cc3nc(C)ncc23)c2cc(Cl)c(O)cc21. The van der Waals surface area contributed by atoms with Gasteiger partial charge in [-0.05, 0) is 55.0 Å². The van der Waals surface area contributed by atoms with E-state index in [0.29, 0.717) is 23.2 Å². The molecule has 1 aliphatic rings. The number of hydrogen-bond donors (Lipinski definition) is 3. The van der Waals surface area contributed by atoms with Crippen molar-refractivity contribution in [1.29, 1.82) is 0 Å². The molecule has 170 valence electrons. The maximum atomic E-state index is 14.3. The summed E-state index contributed by atoms with van der Waals surface area (Å²) in [4.78, 5) is 8.20. The van der Waals surface area contributed by atoms with E-state index in [9.17, 15) is 27.8 Å². The van der Waals surface area contributed by atoms with E-state index < -0.39 is 36.0 Å². The maximum Gasteiger partial charge on any atom is 0.419 e. The van der Waals surface area contributed by atoms with Gasteiger partial charge < -0.3 is 15.5 Å². The molecule has 0 saturated heterocycles. The number of hydrogen-bond acceptors (Lipinski definition) is 5. The first kappa shape index (κ1) is 22.5. The highest BCUT2D eigenvalue weighted by atomic mass is 35.5. The second kappa shape index (κ2) is 7.74. The second-order valence-corrected chi connectivity index (χ2v) is 8.45. The summed E-state index contributed by atoms with van der Waals surface area (Å²) in [6.07, 6.45) is -3.96. The minimum atomic E-state index is -5.00. The number of fused-ring (bicyclic) bond motifs is 2. The lowest BCUT2D eigenvalue weighted by Gasteiger charge is -2.45. The Labute approximate surface area is 186 Å². The van der Waals surface area contributed by atoms with E-state index in [1.165, 1.54) is 18.3 Å². The highest BCUT2D eigenvalue weighted by Crippen LogP contribution is 2.54. The van der Waals surface area contributed by atoms with Gasteiger partial charge in [0.05, 0.1) is 16.6 Å². The van der Waals surface area contributed by atoms with Gasteiger partial charge in [-0.1, -0.05) is 18.5 Å². The number of aryl methyl sites for hydroxylation is 1. The zero-order chi connectivity index (χ0) is 23.4. The molecule has 0 amide bonds. The van der Waals surface area contributed by atoms with Gasteiger partial charge in [0.15, 0.2) is 5.60 Å². The minimum absolute atomic E-state index is 0.00206. The summed E-state index contributed by atoms with van der Waals surface area (Å²) in [5.41, 5.74) is -2.45. The van der Waals surface area contributed by atoms with Crippen LogP contribution in [0.25, 0.3) is 10.9 Å². The molecular weight excluding hydrogens is 450 g/mol. The predicted octanol–water partition coefficient (Wildman–Crippen LogP) is 5.78. The quantitative estimate of drug-likeness (QED) is 0.424. The molecule has 2 aromatic carbocycles. The van der Waals surface area contributed by atoms with Crippen LogP contribution in [0.4, 0.5) is 23.2 Å². The third-order valence-electron chi connectivity index (χ3n) is 6.01. The lowest BCUT2D eigenvalue weighted by atomic mass is 9.69. The standard InChI is InChI=1S/C22H20ClF4N3O2/c1-3-11-8-21(32,22(25,26)27)20(14-6-16(23)19(31)7-13(11)14)30-18-5-12(24)4-17-15(18)9-28-10(2)29-17/h4-7,9,11,20,30-32H,3,8H2,1-2H3. The fraction of sp³-hybridized carbons (Fsp3) is 0.364. The molecule has 0 bridgehead atoms. The zero-order valence-electron chi connectivity index (χ0n) is 17.1. The number of nitrogens with zero attached hydrogens (tertiary/aromatic N) is 2. The summed E-state index contributed by atoms with van der Waals surface area (Å²) in [5.74, 6) is -1.27. The van der Waals surface area contributed by atoms with Crippen molar-refractivity contribution >= 4 is 28.2 Å². The molecule has 3 atom stereocenters. The first-order valence-corrected chi connectivity index (χ1v) is 10.3. The van der Waals surface area contributed by atoms with Crippen molar-refractivity contribution in [3.05, 3.63) is 58.3 Å². The predicted molar refractivity (Wildman–Crippen MR) is 112 cm³/mol. The highest BCUT2D eigenvalue weighted by molar-refractivity contribution is 6.32. The number of nitrogens with one attached hydrogen (secondary N) is 1. The van der Waals surface area contributed by atoms with Gasteiger partial charge in [0, 0.05) is 23.3 Å². The number of anilines is 1. The summed E-state index contributed by atoms with van der Waals surface area (Å²) in [6, 6.07) is 3.01. The van der Waals surface area contributed by atoms with E-state index in [-0.39, 0.29) is 27.5 Å². The average molecular weight is 470 g/mol. The highest BCUT2D eigenvalue weighted by Gasteiger charge is 2.62. The van der Waals surface area contributed by atoms with Gasteiger partial charge in [0.25, 0.3) is 0 Å². The molecule has 1 aromatic heterocycles. The third-order valence-corrected chi connectivity index (χ3v) is 6.31. The second-order valence-electron chi connectivity index (χ2n) is 8.04. The van der Waals surface area contributed by atoms with Crippen LogP contribution in [0.15, 0.2) is 30.5 Å². The fourth-order valence-electron chi connectivity index (χ4n) is 4.37. The van der Waals surface area contributed by atoms with Crippen LogP contribution in [0.2, 0.25) is 5.02 Å². The van der Waals surface area contributed by atoms with Crippen LogP contribution < -0.4 is 5.32 Å². The van der Waals surface area contributed by atoms with Crippen LogP contribution in [0, 0.1) is 12.7 Å². The number of phenols is 1. The van der Waals surface area contributed by atoms with Crippen LogP contribution in [0.5, 0.6) is 5.75 Å². The molecule has 32 heavy (non-hydrogen) atoms. The third kappa shape index (κ3) is 3.63. The van der Waals surface area contributed by atoms with Gasteiger partial charge in [0.1, 0.15) is 17.4 Å². The Bertz CT molecular complexity index is 1200. The van der Waals surface area contributed by atoms with Crippen LogP contribution >= 0.6 is 11.6 Å². The topological polar surface area (TPSA) is 78.3 Å². The molecule has 10 heteroatoms. The number of rotatable bonds is 3. The van der Waals surface area contributed by atoms with Gasteiger partial charge in [0.2, 0.25) is 0 Å². The normalized spacial score (nSPS) is 23.2. The molecule has 3 unspecified atom stereocenters. The summed E-state index contributed by atoms with van der Waals surface area (Å²) < 4.78 is 57.0. The molecule has 3 aromatic rings. The Morgan fingerprint density at radius 3 is 2.59 bits per heavy atom. The number of phenolic OH excluding ortho intramolecular Hbond substituents is 1. The average Bonchev–Trinajstić information content (AvgIpc) is 2.70. The summed E-state index contributed by atoms with van der Waals surface area (Å²) in [7, 11) is 0. The van der Waals surface area contributed by atoms with Crippen LogP contribution in [-0.4, -0.2) is 32.0 Å². The molecule has 5 nitrogen and oxygen atoms in total. The monoisotopic (exact) mass is 469 g/mol. The largest absolute Gasteiger partial charge is 0.506 e. The first-order valence-electron chi connectivity index (χ1n) is 9.95. The van der Waals surface area contributed by atoms with E-state index in [1.54, 1.807) is 13.8 Å². The Balaban J connectivity index is 1.95. The molecule has 3 N–H and O–H groups in total. The number of aliphatic hydroxyl groups is 1. The van der Waals surface area contributed by atoms with Crippen molar-refractivity contribution < 1.29 is 27.8 Å². The van der Waals surface area contributed by atoms with Crippen molar-refractivity contribution in [2.45, 2.75) is 50.4 Å². The van der Waals surface area contributed by atoms with E-state index in [0.717, 1.165) is 12.1 Å². The number of aromatic hydroxyl groups is 1. The van der Waals surface area contributed by atoms with Crippen molar-refractivity contribution in [3.8, 4) is 5.75 Å². The molecule has 0 aliphatic heterocycles. The lowest BCUT2D eigenvalue weighted by molar-refractivity contribution is -0.272. The molecule has 0 saturated carbocycles. The number of halogens is 5. The molecule has 0 radical (unpaired) electrons. The first-order chi connectivity index (χ1) is 14.9.